The summed E-state index contributed by atoms with van der Waals surface area (Å²) in [7, 11) is 1.59. The molecule has 7 heteroatoms. The van der Waals surface area contributed by atoms with Crippen molar-refractivity contribution in [2.24, 2.45) is 0 Å². The normalized spacial score (nSPS) is 11.0. The zero-order chi connectivity index (χ0) is 22.5. The van der Waals surface area contributed by atoms with Crippen LogP contribution in [-0.2, 0) is 16.0 Å². The van der Waals surface area contributed by atoms with E-state index in [4.69, 9.17) is 14.3 Å². The summed E-state index contributed by atoms with van der Waals surface area (Å²) >= 11 is 0. The SMILES string of the molecule is COc1cccc(/C=C/C(=O)Nc2ccc(-c3nc4cc(CC(=O)O)ccc4o3)cc2)c1. The van der Waals surface area contributed by atoms with Crippen LogP contribution >= 0.6 is 0 Å². The van der Waals surface area contributed by atoms with Gasteiger partial charge in [0.2, 0.25) is 11.8 Å². The number of carbonyl (C=O) groups is 2. The first-order chi connectivity index (χ1) is 15.5. The second-order valence-electron chi connectivity index (χ2n) is 7.07. The number of rotatable bonds is 7. The number of carboxylic acids is 1. The number of fused-ring (bicyclic) bond motifs is 1. The number of nitrogens with one attached hydrogen (secondary N) is 1. The molecule has 0 radical (unpaired) electrons. The van der Waals surface area contributed by atoms with Crippen LogP contribution in [0.2, 0.25) is 0 Å². The molecule has 1 amide bonds. The third-order valence-corrected chi connectivity index (χ3v) is 4.73. The van der Waals surface area contributed by atoms with Crippen molar-refractivity contribution < 1.29 is 23.8 Å². The summed E-state index contributed by atoms with van der Waals surface area (Å²) < 4.78 is 10.9. The van der Waals surface area contributed by atoms with Crippen LogP contribution < -0.4 is 10.1 Å². The van der Waals surface area contributed by atoms with Crippen LogP contribution in [0.1, 0.15) is 11.1 Å². The first-order valence-corrected chi connectivity index (χ1v) is 9.85. The average molecular weight is 428 g/mol. The van der Waals surface area contributed by atoms with E-state index in [2.05, 4.69) is 10.3 Å². The summed E-state index contributed by atoms with van der Waals surface area (Å²) in [5, 5.41) is 11.7. The van der Waals surface area contributed by atoms with Gasteiger partial charge in [0.05, 0.1) is 13.5 Å². The topological polar surface area (TPSA) is 102 Å². The number of carboxylic acid groups (broad SMARTS) is 1. The molecule has 0 unspecified atom stereocenters. The van der Waals surface area contributed by atoms with E-state index in [0.29, 0.717) is 28.2 Å². The van der Waals surface area contributed by atoms with Crippen LogP contribution in [-0.4, -0.2) is 29.1 Å². The molecule has 32 heavy (non-hydrogen) atoms. The molecule has 0 aliphatic rings. The zero-order valence-corrected chi connectivity index (χ0v) is 17.2. The number of methoxy groups -OCH3 is 1. The Balaban J connectivity index is 1.44. The molecule has 0 saturated heterocycles. The van der Waals surface area contributed by atoms with Crippen molar-refractivity contribution in [1.29, 1.82) is 0 Å². The number of benzene rings is 3. The summed E-state index contributed by atoms with van der Waals surface area (Å²) in [5.41, 5.74) is 4.06. The number of nitrogens with zero attached hydrogens (tertiary/aromatic N) is 1. The molecule has 1 heterocycles. The van der Waals surface area contributed by atoms with Gasteiger partial charge in [0.25, 0.3) is 0 Å². The lowest BCUT2D eigenvalue weighted by molar-refractivity contribution is -0.136. The fourth-order valence-corrected chi connectivity index (χ4v) is 3.18. The molecule has 1 aromatic heterocycles. The van der Waals surface area contributed by atoms with Crippen molar-refractivity contribution in [1.82, 2.24) is 4.98 Å². The molecule has 0 saturated carbocycles. The standard InChI is InChI=1S/C25H20N2O5/c1-31-20-4-2-3-16(13-20)6-12-23(28)26-19-9-7-18(8-10-19)25-27-21-14-17(15-24(29)30)5-11-22(21)32-25/h2-14H,15H2,1H3,(H,26,28)(H,29,30)/b12-6+. The van der Waals surface area contributed by atoms with Crippen LogP contribution in [0, 0.1) is 0 Å². The lowest BCUT2D eigenvalue weighted by Gasteiger charge is -2.03. The van der Waals surface area contributed by atoms with Crippen LogP contribution in [0.4, 0.5) is 5.69 Å². The predicted octanol–water partition coefficient (Wildman–Crippen LogP) is 4.78. The Kier molecular flexibility index (Phi) is 5.98. The molecular formula is C25H20N2O5. The molecular weight excluding hydrogens is 408 g/mol. The molecule has 2 N–H and O–H groups in total. The Labute approximate surface area is 184 Å². The molecule has 3 aromatic carbocycles. The Morgan fingerprint density at radius 2 is 1.91 bits per heavy atom. The lowest BCUT2D eigenvalue weighted by Crippen LogP contribution is -2.07. The Morgan fingerprint density at radius 3 is 2.66 bits per heavy atom. The van der Waals surface area contributed by atoms with E-state index in [0.717, 1.165) is 16.9 Å². The molecule has 160 valence electrons. The van der Waals surface area contributed by atoms with Crippen LogP contribution in [0.5, 0.6) is 5.75 Å². The molecule has 0 bridgehead atoms. The summed E-state index contributed by atoms with van der Waals surface area (Å²) in [4.78, 5) is 27.6. The van der Waals surface area contributed by atoms with Crippen LogP contribution in [0.25, 0.3) is 28.6 Å². The fraction of sp³-hybridized carbons (Fsp3) is 0.0800. The van der Waals surface area contributed by atoms with E-state index >= 15 is 0 Å². The minimum atomic E-state index is -0.899. The van der Waals surface area contributed by atoms with Crippen LogP contribution in [0.15, 0.2) is 77.2 Å². The second kappa shape index (κ2) is 9.18. The highest BCUT2D eigenvalue weighted by molar-refractivity contribution is 6.02. The van der Waals surface area contributed by atoms with Gasteiger partial charge in [-0.3, -0.25) is 9.59 Å². The Morgan fingerprint density at radius 1 is 1.09 bits per heavy atom. The first-order valence-electron chi connectivity index (χ1n) is 9.85. The number of anilines is 1. The third-order valence-electron chi connectivity index (χ3n) is 4.73. The summed E-state index contributed by atoms with van der Waals surface area (Å²) in [5.74, 6) is -0.0128. The summed E-state index contributed by atoms with van der Waals surface area (Å²) in [6, 6.07) is 19.7. The smallest absolute Gasteiger partial charge is 0.307 e. The molecule has 0 atom stereocenters. The van der Waals surface area contributed by atoms with Gasteiger partial charge in [-0.25, -0.2) is 4.98 Å². The van der Waals surface area contributed by atoms with Crippen LogP contribution in [0.3, 0.4) is 0 Å². The zero-order valence-electron chi connectivity index (χ0n) is 17.2. The monoisotopic (exact) mass is 428 g/mol. The van der Waals surface area contributed by atoms with Gasteiger partial charge < -0.3 is 19.6 Å². The second-order valence-corrected chi connectivity index (χ2v) is 7.07. The van der Waals surface area contributed by atoms with Gasteiger partial charge in [-0.05, 0) is 65.7 Å². The number of aliphatic carboxylic acids is 1. The van der Waals surface area contributed by atoms with Crippen molar-refractivity contribution in [2.45, 2.75) is 6.42 Å². The van der Waals surface area contributed by atoms with E-state index in [1.165, 1.54) is 6.08 Å². The summed E-state index contributed by atoms with van der Waals surface area (Å²) in [6.07, 6.45) is 3.10. The van der Waals surface area contributed by atoms with E-state index in [9.17, 15) is 9.59 Å². The highest BCUT2D eigenvalue weighted by Gasteiger charge is 2.10. The maximum absolute atomic E-state index is 12.2. The average Bonchev–Trinajstić information content (AvgIpc) is 3.21. The number of aromatic nitrogens is 1. The molecule has 4 aromatic rings. The van der Waals surface area contributed by atoms with E-state index in [1.54, 1.807) is 55.7 Å². The molecule has 7 nitrogen and oxygen atoms in total. The quantitative estimate of drug-likeness (QED) is 0.411. The Hall–Kier alpha value is -4.39. The first kappa shape index (κ1) is 20.9. The number of oxazole rings is 1. The van der Waals surface area contributed by atoms with Gasteiger partial charge in [0.15, 0.2) is 5.58 Å². The molecule has 4 rings (SSSR count). The number of hydrogen-bond donors (Lipinski definition) is 2. The molecule has 0 fully saturated rings. The predicted molar refractivity (Wildman–Crippen MR) is 121 cm³/mol. The van der Waals surface area contributed by atoms with E-state index in [-0.39, 0.29) is 12.3 Å². The lowest BCUT2D eigenvalue weighted by atomic mass is 10.1. The number of amides is 1. The van der Waals surface area contributed by atoms with Gasteiger partial charge >= 0.3 is 5.97 Å². The maximum atomic E-state index is 12.2. The third kappa shape index (κ3) is 5.02. The molecule has 0 aliphatic carbocycles. The minimum absolute atomic E-state index is 0.0706. The number of carbonyl (C=O) groups excluding carboxylic acids is 1. The Bertz CT molecular complexity index is 1310. The summed E-state index contributed by atoms with van der Waals surface area (Å²) in [6.45, 7) is 0. The largest absolute Gasteiger partial charge is 0.497 e. The number of hydrogen-bond acceptors (Lipinski definition) is 5. The van der Waals surface area contributed by atoms with Crippen molar-refractivity contribution >= 4 is 34.7 Å². The van der Waals surface area contributed by atoms with E-state index < -0.39 is 5.97 Å². The van der Waals surface area contributed by atoms with Gasteiger partial charge in [0, 0.05) is 17.3 Å². The van der Waals surface area contributed by atoms with Gasteiger partial charge in [0.1, 0.15) is 11.3 Å². The van der Waals surface area contributed by atoms with Crippen molar-refractivity contribution in [3.05, 3.63) is 83.9 Å². The van der Waals surface area contributed by atoms with Gasteiger partial charge in [-0.2, -0.15) is 0 Å². The van der Waals surface area contributed by atoms with Gasteiger partial charge in [-0.1, -0.05) is 18.2 Å². The molecule has 0 aliphatic heterocycles. The minimum Gasteiger partial charge on any atom is -0.497 e. The van der Waals surface area contributed by atoms with Gasteiger partial charge in [-0.15, -0.1) is 0 Å². The molecule has 0 spiro atoms. The highest BCUT2D eigenvalue weighted by Crippen LogP contribution is 2.26. The number of ether oxygens (including phenoxy) is 1. The maximum Gasteiger partial charge on any atom is 0.307 e. The fourth-order valence-electron chi connectivity index (χ4n) is 3.18. The van der Waals surface area contributed by atoms with Crippen molar-refractivity contribution in [3.8, 4) is 17.2 Å². The highest BCUT2D eigenvalue weighted by atomic mass is 16.5. The van der Waals surface area contributed by atoms with Crippen molar-refractivity contribution in [3.63, 3.8) is 0 Å². The van der Waals surface area contributed by atoms with E-state index in [1.807, 2.05) is 24.3 Å². The van der Waals surface area contributed by atoms with Crippen molar-refractivity contribution in [2.75, 3.05) is 12.4 Å².